The molecule has 1 heterocycles. The zero-order valence-corrected chi connectivity index (χ0v) is 12.7. The fourth-order valence-electron chi connectivity index (χ4n) is 1.95. The van der Waals surface area contributed by atoms with E-state index in [0.717, 1.165) is 12.0 Å². The summed E-state index contributed by atoms with van der Waals surface area (Å²) in [5, 5.41) is 2.80. The van der Waals surface area contributed by atoms with Gasteiger partial charge >= 0.3 is 0 Å². The summed E-state index contributed by atoms with van der Waals surface area (Å²) in [6.07, 6.45) is 2.54. The van der Waals surface area contributed by atoms with Crippen molar-refractivity contribution in [1.29, 1.82) is 0 Å². The summed E-state index contributed by atoms with van der Waals surface area (Å²) in [6.45, 7) is 4.53. The van der Waals surface area contributed by atoms with Crippen molar-refractivity contribution in [2.24, 2.45) is 0 Å². The number of halogens is 1. The van der Waals surface area contributed by atoms with Crippen molar-refractivity contribution in [1.82, 2.24) is 10.3 Å². The van der Waals surface area contributed by atoms with Gasteiger partial charge in [-0.15, -0.1) is 0 Å². The third-order valence-corrected chi connectivity index (χ3v) is 3.15. The van der Waals surface area contributed by atoms with Gasteiger partial charge in [-0.3, -0.25) is 4.79 Å². The Bertz CT molecular complexity index is 659. The molecule has 116 valence electrons. The molecule has 5 heteroatoms. The summed E-state index contributed by atoms with van der Waals surface area (Å²) in [5.74, 6) is -0.0487. The van der Waals surface area contributed by atoms with Gasteiger partial charge in [0.1, 0.15) is 5.82 Å². The van der Waals surface area contributed by atoms with Gasteiger partial charge in [-0.2, -0.15) is 0 Å². The first-order chi connectivity index (χ1) is 10.6. The second-order valence-electron chi connectivity index (χ2n) is 4.96. The van der Waals surface area contributed by atoms with E-state index >= 15 is 0 Å². The predicted octanol–water partition coefficient (Wildman–Crippen LogP) is 3.25. The summed E-state index contributed by atoms with van der Waals surface area (Å²) < 4.78 is 18.8. The van der Waals surface area contributed by atoms with Crippen LogP contribution in [0.25, 0.3) is 0 Å². The van der Waals surface area contributed by atoms with Crippen molar-refractivity contribution in [3.8, 4) is 5.88 Å². The lowest BCUT2D eigenvalue weighted by molar-refractivity contribution is 0.0950. The van der Waals surface area contributed by atoms with E-state index in [1.165, 1.54) is 18.2 Å². The molecule has 1 aromatic heterocycles. The molecule has 1 amide bonds. The second-order valence-corrected chi connectivity index (χ2v) is 4.96. The van der Waals surface area contributed by atoms with E-state index in [0.29, 0.717) is 30.2 Å². The van der Waals surface area contributed by atoms with Crippen LogP contribution in [-0.4, -0.2) is 17.5 Å². The number of ether oxygens (including phenoxy) is 1. The van der Waals surface area contributed by atoms with E-state index in [4.69, 9.17) is 4.74 Å². The highest BCUT2D eigenvalue weighted by Gasteiger charge is 2.10. The predicted molar refractivity (Wildman–Crippen MR) is 82.3 cm³/mol. The maximum Gasteiger partial charge on any atom is 0.251 e. The zero-order chi connectivity index (χ0) is 15.9. The quantitative estimate of drug-likeness (QED) is 0.891. The zero-order valence-electron chi connectivity index (χ0n) is 12.7. The molecule has 2 aromatic rings. The first-order valence-electron chi connectivity index (χ1n) is 7.23. The van der Waals surface area contributed by atoms with Crippen LogP contribution in [0.3, 0.4) is 0 Å². The maximum absolute atomic E-state index is 13.2. The minimum Gasteiger partial charge on any atom is -0.477 e. The molecule has 1 N–H and O–H groups in total. The molecule has 0 fully saturated rings. The summed E-state index contributed by atoms with van der Waals surface area (Å²) in [5.41, 5.74) is 1.68. The van der Waals surface area contributed by atoms with E-state index in [9.17, 15) is 9.18 Å². The van der Waals surface area contributed by atoms with Crippen molar-refractivity contribution in [3.05, 3.63) is 59.0 Å². The molecule has 0 aliphatic heterocycles. The van der Waals surface area contributed by atoms with Crippen LogP contribution in [0.1, 0.15) is 34.8 Å². The number of aryl methyl sites for hydroxylation is 1. The van der Waals surface area contributed by atoms with Crippen LogP contribution in [0, 0.1) is 12.7 Å². The number of carbonyl (C=O) groups is 1. The molecule has 0 unspecified atom stereocenters. The number of amides is 1. The molecule has 0 aliphatic rings. The summed E-state index contributed by atoms with van der Waals surface area (Å²) >= 11 is 0. The Labute approximate surface area is 129 Å². The van der Waals surface area contributed by atoms with Crippen molar-refractivity contribution in [2.45, 2.75) is 26.8 Å². The Morgan fingerprint density at radius 3 is 2.91 bits per heavy atom. The van der Waals surface area contributed by atoms with E-state index < -0.39 is 0 Å². The standard InChI is InChI=1S/C17H19FN2O2/c1-3-9-22-17-14(5-4-8-19-17)11-20-16(21)13-6-7-15(18)12(2)10-13/h4-8,10H,3,9,11H2,1-2H3,(H,20,21). The van der Waals surface area contributed by atoms with Crippen molar-refractivity contribution in [2.75, 3.05) is 6.61 Å². The molecule has 2 rings (SSSR count). The molecule has 1 aromatic carbocycles. The number of carbonyl (C=O) groups excluding carboxylic acids is 1. The van der Waals surface area contributed by atoms with Gasteiger partial charge < -0.3 is 10.1 Å². The number of pyridine rings is 1. The van der Waals surface area contributed by atoms with Gasteiger partial charge in [0.15, 0.2) is 0 Å². The van der Waals surface area contributed by atoms with Crippen LogP contribution in [0.2, 0.25) is 0 Å². The molecular weight excluding hydrogens is 283 g/mol. The third kappa shape index (κ3) is 4.04. The molecular formula is C17H19FN2O2. The average molecular weight is 302 g/mol. The van der Waals surface area contributed by atoms with Crippen LogP contribution in [0.5, 0.6) is 5.88 Å². The van der Waals surface area contributed by atoms with Gasteiger partial charge in [0, 0.05) is 23.9 Å². The number of hydrogen-bond donors (Lipinski definition) is 1. The lowest BCUT2D eigenvalue weighted by Gasteiger charge is -2.10. The topological polar surface area (TPSA) is 51.2 Å². The minimum atomic E-state index is -0.320. The molecule has 0 saturated carbocycles. The molecule has 0 radical (unpaired) electrons. The minimum absolute atomic E-state index is 0.256. The smallest absolute Gasteiger partial charge is 0.251 e. The summed E-state index contributed by atoms with van der Waals surface area (Å²) in [6, 6.07) is 7.94. The van der Waals surface area contributed by atoms with Gasteiger partial charge in [0.2, 0.25) is 5.88 Å². The van der Waals surface area contributed by atoms with Gasteiger partial charge in [0.05, 0.1) is 6.61 Å². The fourth-order valence-corrected chi connectivity index (χ4v) is 1.95. The lowest BCUT2D eigenvalue weighted by atomic mass is 10.1. The highest BCUT2D eigenvalue weighted by molar-refractivity contribution is 5.94. The molecule has 0 atom stereocenters. The largest absolute Gasteiger partial charge is 0.477 e. The molecule has 0 bridgehead atoms. The highest BCUT2D eigenvalue weighted by atomic mass is 19.1. The summed E-state index contributed by atoms with van der Waals surface area (Å²) in [7, 11) is 0. The number of nitrogens with one attached hydrogen (secondary N) is 1. The van der Waals surface area contributed by atoms with Crippen LogP contribution < -0.4 is 10.1 Å². The highest BCUT2D eigenvalue weighted by Crippen LogP contribution is 2.15. The van der Waals surface area contributed by atoms with Crippen LogP contribution in [-0.2, 0) is 6.54 Å². The Kier molecular flexibility index (Phi) is 5.47. The van der Waals surface area contributed by atoms with Gasteiger partial charge in [-0.05, 0) is 43.2 Å². The van der Waals surface area contributed by atoms with Crippen LogP contribution >= 0.6 is 0 Å². The third-order valence-electron chi connectivity index (χ3n) is 3.15. The number of benzene rings is 1. The normalized spacial score (nSPS) is 10.3. The van der Waals surface area contributed by atoms with Gasteiger partial charge in [0.25, 0.3) is 5.91 Å². The summed E-state index contributed by atoms with van der Waals surface area (Å²) in [4.78, 5) is 16.3. The number of hydrogen-bond acceptors (Lipinski definition) is 3. The molecule has 0 saturated heterocycles. The monoisotopic (exact) mass is 302 g/mol. The molecule has 0 spiro atoms. The van der Waals surface area contributed by atoms with E-state index in [1.807, 2.05) is 13.0 Å². The van der Waals surface area contributed by atoms with Crippen molar-refractivity contribution >= 4 is 5.91 Å². The van der Waals surface area contributed by atoms with E-state index in [2.05, 4.69) is 10.3 Å². The van der Waals surface area contributed by atoms with Crippen molar-refractivity contribution in [3.63, 3.8) is 0 Å². The molecule has 22 heavy (non-hydrogen) atoms. The van der Waals surface area contributed by atoms with Gasteiger partial charge in [-0.1, -0.05) is 13.0 Å². The Hall–Kier alpha value is -2.43. The van der Waals surface area contributed by atoms with Crippen LogP contribution in [0.15, 0.2) is 36.5 Å². The number of aromatic nitrogens is 1. The fraction of sp³-hybridized carbons (Fsp3) is 0.294. The first kappa shape index (κ1) is 15.9. The average Bonchev–Trinajstić information content (AvgIpc) is 2.54. The Morgan fingerprint density at radius 2 is 2.18 bits per heavy atom. The Balaban J connectivity index is 2.03. The maximum atomic E-state index is 13.2. The number of rotatable bonds is 6. The molecule has 4 nitrogen and oxygen atoms in total. The second kappa shape index (κ2) is 7.54. The van der Waals surface area contributed by atoms with Gasteiger partial charge in [-0.25, -0.2) is 9.37 Å². The van der Waals surface area contributed by atoms with E-state index in [1.54, 1.807) is 19.2 Å². The molecule has 0 aliphatic carbocycles. The van der Waals surface area contributed by atoms with Crippen molar-refractivity contribution < 1.29 is 13.9 Å². The SMILES string of the molecule is CCCOc1ncccc1CNC(=O)c1ccc(F)c(C)c1. The van der Waals surface area contributed by atoms with E-state index in [-0.39, 0.29) is 11.7 Å². The number of nitrogens with zero attached hydrogens (tertiary/aromatic N) is 1. The lowest BCUT2D eigenvalue weighted by Crippen LogP contribution is -2.23. The Morgan fingerprint density at radius 1 is 1.36 bits per heavy atom. The first-order valence-corrected chi connectivity index (χ1v) is 7.23. The van der Waals surface area contributed by atoms with Crippen LogP contribution in [0.4, 0.5) is 4.39 Å².